The van der Waals surface area contributed by atoms with Crippen molar-refractivity contribution in [1.29, 1.82) is 0 Å². The van der Waals surface area contributed by atoms with Crippen LogP contribution in [-0.2, 0) is 19.0 Å². The predicted octanol–water partition coefficient (Wildman–Crippen LogP) is 2.90. The largest absolute Gasteiger partial charge is 0.337 e. The molecule has 0 unspecified atom stereocenters. The number of nitrogens with zero attached hydrogens (tertiary/aromatic N) is 6. The molecule has 0 N–H and O–H groups in total. The van der Waals surface area contributed by atoms with Crippen LogP contribution in [-0.4, -0.2) is 44.1 Å². The summed E-state index contributed by atoms with van der Waals surface area (Å²) in [7, 11) is 2.07. The molecule has 0 radical (unpaired) electrons. The number of aromatic nitrogens is 4. The second-order valence-electron chi connectivity index (χ2n) is 7.66. The van der Waals surface area contributed by atoms with Gasteiger partial charge in [-0.2, -0.15) is 0 Å². The second-order valence-corrected chi connectivity index (χ2v) is 7.66. The Balaban J connectivity index is 1.39. The van der Waals surface area contributed by atoms with Gasteiger partial charge in [-0.3, -0.25) is 4.90 Å². The van der Waals surface area contributed by atoms with Crippen LogP contribution in [0.4, 0.5) is 11.6 Å². The molecule has 4 heterocycles. The molecule has 27 heavy (non-hydrogen) atoms. The summed E-state index contributed by atoms with van der Waals surface area (Å²) in [4.78, 5) is 18.3. The number of para-hydroxylation sites is 1. The number of rotatable bonds is 3. The SMILES string of the molecule is Cn1ccnc1CN1CCC2(CC1)CN(c1ncccn1)c1ccccc12. The van der Waals surface area contributed by atoms with Gasteiger partial charge in [0.2, 0.25) is 5.95 Å². The molecular weight excluding hydrogens is 336 g/mol. The number of fused-ring (bicyclic) bond motifs is 2. The predicted molar refractivity (Wildman–Crippen MR) is 105 cm³/mol. The first-order valence-electron chi connectivity index (χ1n) is 9.58. The molecule has 0 atom stereocenters. The molecule has 2 aromatic heterocycles. The standard InChI is InChI=1S/C21H24N6/c1-25-14-11-22-19(25)15-26-12-7-21(8-13-26)16-27(20-23-9-4-10-24-20)18-6-3-2-5-17(18)21/h2-6,9-11,14H,7-8,12-13,15-16H2,1H3. The number of anilines is 2. The molecule has 2 aliphatic heterocycles. The lowest BCUT2D eigenvalue weighted by Crippen LogP contribution is -2.44. The number of imidazole rings is 1. The summed E-state index contributed by atoms with van der Waals surface area (Å²) in [5.74, 6) is 1.94. The summed E-state index contributed by atoms with van der Waals surface area (Å²) in [6.45, 7) is 4.06. The zero-order valence-electron chi connectivity index (χ0n) is 15.6. The van der Waals surface area contributed by atoms with Crippen molar-refractivity contribution in [3.05, 3.63) is 66.5 Å². The normalized spacial score (nSPS) is 18.8. The van der Waals surface area contributed by atoms with Crippen molar-refractivity contribution in [1.82, 2.24) is 24.4 Å². The molecule has 6 heteroatoms. The highest BCUT2D eigenvalue weighted by molar-refractivity contribution is 5.69. The molecule has 0 amide bonds. The first kappa shape index (κ1) is 16.4. The van der Waals surface area contributed by atoms with Crippen molar-refractivity contribution in [3.8, 4) is 0 Å². The molecule has 1 spiro atoms. The zero-order chi connectivity index (χ0) is 18.3. The Hall–Kier alpha value is -2.73. The van der Waals surface area contributed by atoms with E-state index in [1.54, 1.807) is 0 Å². The van der Waals surface area contributed by atoms with Crippen LogP contribution >= 0.6 is 0 Å². The first-order chi connectivity index (χ1) is 13.3. The molecule has 2 aliphatic rings. The van der Waals surface area contributed by atoms with Gasteiger partial charge in [-0.1, -0.05) is 18.2 Å². The van der Waals surface area contributed by atoms with Gasteiger partial charge < -0.3 is 9.47 Å². The molecule has 1 saturated heterocycles. The highest BCUT2D eigenvalue weighted by Gasteiger charge is 2.45. The van der Waals surface area contributed by atoms with Crippen molar-refractivity contribution in [3.63, 3.8) is 0 Å². The lowest BCUT2D eigenvalue weighted by Gasteiger charge is -2.39. The van der Waals surface area contributed by atoms with E-state index in [2.05, 4.69) is 60.6 Å². The number of aryl methyl sites for hydroxylation is 1. The fourth-order valence-electron chi connectivity index (χ4n) is 4.55. The fraction of sp³-hybridized carbons (Fsp3) is 0.381. The van der Waals surface area contributed by atoms with Crippen LogP contribution in [0.2, 0.25) is 0 Å². The topological polar surface area (TPSA) is 50.1 Å². The van der Waals surface area contributed by atoms with Crippen LogP contribution in [0, 0.1) is 0 Å². The van der Waals surface area contributed by atoms with Crippen LogP contribution in [0.1, 0.15) is 24.2 Å². The van der Waals surface area contributed by atoms with Gasteiger partial charge >= 0.3 is 0 Å². The van der Waals surface area contributed by atoms with Crippen molar-refractivity contribution < 1.29 is 0 Å². The number of likely N-dealkylation sites (tertiary alicyclic amines) is 1. The van der Waals surface area contributed by atoms with Crippen molar-refractivity contribution >= 4 is 11.6 Å². The van der Waals surface area contributed by atoms with Crippen molar-refractivity contribution in [2.24, 2.45) is 7.05 Å². The van der Waals surface area contributed by atoms with Crippen molar-refractivity contribution in [2.75, 3.05) is 24.5 Å². The summed E-state index contributed by atoms with van der Waals surface area (Å²) < 4.78 is 2.11. The van der Waals surface area contributed by atoms with Gasteiger partial charge in [0.25, 0.3) is 0 Å². The van der Waals surface area contributed by atoms with Gasteiger partial charge in [0.1, 0.15) is 5.82 Å². The minimum absolute atomic E-state index is 0.188. The molecule has 0 bridgehead atoms. The van der Waals surface area contributed by atoms with E-state index in [0.29, 0.717) is 0 Å². The summed E-state index contributed by atoms with van der Waals surface area (Å²) in [6.07, 6.45) is 9.85. The lowest BCUT2D eigenvalue weighted by atomic mass is 9.74. The minimum Gasteiger partial charge on any atom is -0.337 e. The monoisotopic (exact) mass is 360 g/mol. The molecule has 5 rings (SSSR count). The van der Waals surface area contributed by atoms with Crippen LogP contribution < -0.4 is 4.90 Å². The number of hydrogen-bond acceptors (Lipinski definition) is 5. The molecule has 0 saturated carbocycles. The van der Waals surface area contributed by atoms with Crippen LogP contribution in [0.25, 0.3) is 0 Å². The molecule has 1 fully saturated rings. The third kappa shape index (κ3) is 2.80. The Morgan fingerprint density at radius 2 is 1.74 bits per heavy atom. The van der Waals surface area contributed by atoms with Gasteiger partial charge in [-0.15, -0.1) is 0 Å². The van der Waals surface area contributed by atoms with Gasteiger partial charge in [0, 0.05) is 49.5 Å². The van der Waals surface area contributed by atoms with E-state index in [1.165, 1.54) is 11.3 Å². The lowest BCUT2D eigenvalue weighted by molar-refractivity contribution is 0.156. The maximum Gasteiger partial charge on any atom is 0.229 e. The highest BCUT2D eigenvalue weighted by Crippen LogP contribution is 2.48. The van der Waals surface area contributed by atoms with E-state index in [9.17, 15) is 0 Å². The third-order valence-electron chi connectivity index (χ3n) is 6.12. The number of benzene rings is 1. The van der Waals surface area contributed by atoms with Crippen LogP contribution in [0.15, 0.2) is 55.1 Å². The van der Waals surface area contributed by atoms with E-state index in [1.807, 2.05) is 30.9 Å². The maximum absolute atomic E-state index is 4.51. The first-order valence-corrected chi connectivity index (χ1v) is 9.58. The van der Waals surface area contributed by atoms with E-state index in [0.717, 1.165) is 50.8 Å². The molecule has 1 aromatic carbocycles. The van der Waals surface area contributed by atoms with Crippen LogP contribution in [0.5, 0.6) is 0 Å². The maximum atomic E-state index is 4.51. The van der Waals surface area contributed by atoms with Gasteiger partial charge in [0.15, 0.2) is 0 Å². The summed E-state index contributed by atoms with van der Waals surface area (Å²) >= 11 is 0. The molecule has 3 aromatic rings. The Morgan fingerprint density at radius 1 is 0.963 bits per heavy atom. The van der Waals surface area contributed by atoms with E-state index < -0.39 is 0 Å². The molecule has 138 valence electrons. The van der Waals surface area contributed by atoms with E-state index in [4.69, 9.17) is 0 Å². The summed E-state index contributed by atoms with van der Waals surface area (Å²) in [5.41, 5.74) is 2.91. The Bertz CT molecular complexity index is 927. The second kappa shape index (κ2) is 6.46. The molecular formula is C21H24N6. The minimum atomic E-state index is 0.188. The molecule has 6 nitrogen and oxygen atoms in total. The zero-order valence-corrected chi connectivity index (χ0v) is 15.6. The molecule has 0 aliphatic carbocycles. The fourth-order valence-corrected chi connectivity index (χ4v) is 4.55. The quantitative estimate of drug-likeness (QED) is 0.719. The highest BCUT2D eigenvalue weighted by atomic mass is 15.3. The number of piperidine rings is 1. The van der Waals surface area contributed by atoms with Gasteiger partial charge in [-0.05, 0) is 43.6 Å². The van der Waals surface area contributed by atoms with Crippen LogP contribution in [0.3, 0.4) is 0 Å². The Kier molecular flexibility index (Phi) is 3.93. The third-order valence-corrected chi connectivity index (χ3v) is 6.12. The summed E-state index contributed by atoms with van der Waals surface area (Å²) in [5, 5.41) is 0. The summed E-state index contributed by atoms with van der Waals surface area (Å²) in [6, 6.07) is 10.7. The number of hydrogen-bond donors (Lipinski definition) is 0. The Morgan fingerprint density at radius 3 is 2.48 bits per heavy atom. The average molecular weight is 360 g/mol. The smallest absolute Gasteiger partial charge is 0.229 e. The van der Waals surface area contributed by atoms with Gasteiger partial charge in [0.05, 0.1) is 6.54 Å². The van der Waals surface area contributed by atoms with E-state index >= 15 is 0 Å². The van der Waals surface area contributed by atoms with Crippen molar-refractivity contribution in [2.45, 2.75) is 24.8 Å². The van der Waals surface area contributed by atoms with Gasteiger partial charge in [-0.25, -0.2) is 15.0 Å². The Labute approximate surface area is 159 Å². The average Bonchev–Trinajstić information content (AvgIpc) is 3.26. The van der Waals surface area contributed by atoms with E-state index in [-0.39, 0.29) is 5.41 Å².